The summed E-state index contributed by atoms with van der Waals surface area (Å²) < 4.78 is 7.36. The van der Waals surface area contributed by atoms with E-state index in [4.69, 9.17) is 21.3 Å². The minimum Gasteiger partial charge on any atom is -0.360 e. The fourth-order valence-electron chi connectivity index (χ4n) is 5.22. The number of carbonyl (C=O) groups is 1. The lowest BCUT2D eigenvalue weighted by molar-refractivity contribution is -0.138. The molecule has 0 N–H and O–H groups in total. The van der Waals surface area contributed by atoms with Crippen LogP contribution in [0.2, 0.25) is 5.02 Å². The number of rotatable bonds is 7. The van der Waals surface area contributed by atoms with Gasteiger partial charge in [0, 0.05) is 39.0 Å². The molecule has 2 aromatic heterocycles. The van der Waals surface area contributed by atoms with Gasteiger partial charge in [0.2, 0.25) is 0 Å². The highest BCUT2D eigenvalue weighted by Crippen LogP contribution is 2.44. The number of aryl methyl sites for hydroxylation is 1. The summed E-state index contributed by atoms with van der Waals surface area (Å²) in [6.45, 7) is 9.97. The number of fused-ring (bicyclic) bond motifs is 1. The topological polar surface area (TPSA) is 89.2 Å². The van der Waals surface area contributed by atoms with E-state index in [9.17, 15) is 4.79 Å². The van der Waals surface area contributed by atoms with Crippen LogP contribution in [0, 0.1) is 6.92 Å². The smallest absolute Gasteiger partial charge is 0.163 e. The zero-order valence-corrected chi connectivity index (χ0v) is 26.1. The number of aromatic nitrogens is 2. The summed E-state index contributed by atoms with van der Waals surface area (Å²) in [7, 11) is 0. The van der Waals surface area contributed by atoms with Crippen molar-refractivity contribution in [3.63, 3.8) is 0 Å². The van der Waals surface area contributed by atoms with Crippen LogP contribution in [0.1, 0.15) is 50.5 Å². The van der Waals surface area contributed by atoms with Gasteiger partial charge >= 0.3 is 0 Å². The molecule has 216 valence electrons. The summed E-state index contributed by atoms with van der Waals surface area (Å²) in [6, 6.07) is 21.9. The predicted octanol–water partition coefficient (Wildman–Crippen LogP) is 9.27. The highest BCUT2D eigenvalue weighted by Gasteiger charge is 2.30. The Balaban J connectivity index is 1.50. The minimum atomic E-state index is -0.731. The Bertz CT molecular complexity index is 1920. The van der Waals surface area contributed by atoms with Crippen molar-refractivity contribution in [3.05, 3.63) is 94.6 Å². The molecule has 0 spiro atoms. The number of hydrogen-bond donors (Lipinski definition) is 0. The lowest BCUT2D eigenvalue weighted by Gasteiger charge is -2.29. The Kier molecular flexibility index (Phi) is 7.77. The predicted molar refractivity (Wildman–Crippen MR) is 174 cm³/mol. The number of hydrogen-bond acceptors (Lipinski definition) is 8. The van der Waals surface area contributed by atoms with Crippen molar-refractivity contribution in [1.29, 1.82) is 0 Å². The third-order valence-corrected chi connectivity index (χ3v) is 8.50. The van der Waals surface area contributed by atoms with Crippen molar-refractivity contribution in [2.75, 3.05) is 6.54 Å². The summed E-state index contributed by atoms with van der Waals surface area (Å²) in [6.07, 6.45) is 1.08. The van der Waals surface area contributed by atoms with Crippen LogP contribution in [-0.4, -0.2) is 33.6 Å². The molecule has 1 atom stereocenters. The molecule has 3 heterocycles. The highest BCUT2D eigenvalue weighted by atomic mass is 35.5. The Hall–Kier alpha value is -4.11. The number of carbonyl (C=O) groups excluding carboxylic acids is 1. The molecule has 0 amide bonds. The molecule has 0 saturated heterocycles. The molecule has 0 radical (unpaired) electrons. The number of ether oxygens (including phenoxy) is 1. The van der Waals surface area contributed by atoms with Crippen LogP contribution in [0.25, 0.3) is 43.2 Å². The van der Waals surface area contributed by atoms with Gasteiger partial charge in [-0.3, -0.25) is 9.78 Å². The second-order valence-corrected chi connectivity index (χ2v) is 13.0. The molecule has 5 aromatic rings. The first-order valence-corrected chi connectivity index (χ1v) is 15.2. The number of benzene rings is 3. The second kappa shape index (κ2) is 11.5. The lowest BCUT2D eigenvalue weighted by Crippen LogP contribution is -2.27. The maximum atomic E-state index is 13.1. The third-order valence-electron chi connectivity index (χ3n) is 7.11. The fourth-order valence-corrected chi connectivity index (χ4v) is 6.47. The van der Waals surface area contributed by atoms with E-state index in [1.165, 1.54) is 0 Å². The number of pyridine rings is 1. The molecular weight excluding hydrogens is 578 g/mol. The molecular formula is C34H30ClN5O2S. The average molecular weight is 608 g/mol. The first kappa shape index (κ1) is 29.0. The average Bonchev–Trinajstić information content (AvgIpc) is 3.66. The number of thiazole rings is 1. The van der Waals surface area contributed by atoms with Crippen LogP contribution in [0.5, 0.6) is 0 Å². The van der Waals surface area contributed by atoms with E-state index in [1.807, 2.05) is 76.2 Å². The van der Waals surface area contributed by atoms with Gasteiger partial charge < -0.3 is 4.74 Å². The van der Waals surface area contributed by atoms with Crippen molar-refractivity contribution < 1.29 is 9.53 Å². The lowest BCUT2D eigenvalue weighted by atomic mass is 9.90. The van der Waals surface area contributed by atoms with Crippen molar-refractivity contribution in [2.45, 2.75) is 46.3 Å². The Labute approximate surface area is 259 Å². The molecule has 43 heavy (non-hydrogen) atoms. The standard InChI is InChI=1S/C34H30ClN5O2S/c1-19-15-27-32(30(21-9-11-25(35)12-10-21)29(19)31(20(2)41)42-34(3,4)5)43-33(38-27)24-13-14-36-26(17-24)22-7-6-8-23(16-22)28-18-37-40-39-28/h6-17,31H,18H2,1-5H3/t31-/m1/s1. The summed E-state index contributed by atoms with van der Waals surface area (Å²) in [4.78, 5) is 22.8. The van der Waals surface area contributed by atoms with Crippen LogP contribution in [0.4, 0.5) is 0 Å². The maximum Gasteiger partial charge on any atom is 0.163 e. The monoisotopic (exact) mass is 607 g/mol. The second-order valence-electron chi connectivity index (χ2n) is 11.5. The van der Waals surface area contributed by atoms with Gasteiger partial charge in [0.15, 0.2) is 5.78 Å². The van der Waals surface area contributed by atoms with Gasteiger partial charge in [-0.15, -0.1) is 16.4 Å². The Morgan fingerprint density at radius 1 is 0.977 bits per heavy atom. The largest absolute Gasteiger partial charge is 0.360 e. The molecule has 0 unspecified atom stereocenters. The van der Waals surface area contributed by atoms with E-state index in [1.54, 1.807) is 24.5 Å². The molecule has 7 nitrogen and oxygen atoms in total. The fraction of sp³-hybridized carbons (Fsp3) is 0.235. The quantitative estimate of drug-likeness (QED) is 0.184. The molecule has 6 rings (SSSR count). The summed E-state index contributed by atoms with van der Waals surface area (Å²) >= 11 is 7.87. The number of nitrogens with zero attached hydrogens (tertiary/aromatic N) is 5. The Morgan fingerprint density at radius 3 is 2.44 bits per heavy atom. The van der Waals surface area contributed by atoms with E-state index in [2.05, 4.69) is 38.6 Å². The van der Waals surface area contributed by atoms with Crippen LogP contribution in [0.3, 0.4) is 0 Å². The number of ketones is 1. The highest BCUT2D eigenvalue weighted by molar-refractivity contribution is 7.22. The van der Waals surface area contributed by atoms with Gasteiger partial charge in [0.1, 0.15) is 17.7 Å². The van der Waals surface area contributed by atoms with E-state index >= 15 is 0 Å². The van der Waals surface area contributed by atoms with Crippen LogP contribution in [-0.2, 0) is 9.53 Å². The van der Waals surface area contributed by atoms with E-state index in [0.29, 0.717) is 11.6 Å². The van der Waals surface area contributed by atoms with Gasteiger partial charge in [0.25, 0.3) is 0 Å². The van der Waals surface area contributed by atoms with Crippen LogP contribution in [0.15, 0.2) is 88.4 Å². The van der Waals surface area contributed by atoms with Gasteiger partial charge in [-0.25, -0.2) is 4.98 Å². The van der Waals surface area contributed by atoms with Crippen LogP contribution >= 0.6 is 22.9 Å². The molecule has 1 aliphatic heterocycles. The van der Waals surface area contributed by atoms with Gasteiger partial charge in [-0.2, -0.15) is 5.11 Å². The first-order chi connectivity index (χ1) is 20.6. The van der Waals surface area contributed by atoms with Gasteiger partial charge in [0.05, 0.1) is 27.2 Å². The first-order valence-electron chi connectivity index (χ1n) is 14.0. The summed E-state index contributed by atoms with van der Waals surface area (Å²) in [5, 5.41) is 13.4. The van der Waals surface area contributed by atoms with E-state index in [0.717, 1.165) is 65.6 Å². The van der Waals surface area contributed by atoms with Crippen LogP contribution < -0.4 is 0 Å². The zero-order chi connectivity index (χ0) is 30.3. The molecule has 0 fully saturated rings. The molecule has 1 aliphatic rings. The maximum absolute atomic E-state index is 13.1. The summed E-state index contributed by atoms with van der Waals surface area (Å²) in [5.74, 6) is -0.0516. The summed E-state index contributed by atoms with van der Waals surface area (Å²) in [5.41, 5.74) is 8.59. The normalized spacial score (nSPS) is 13.9. The third kappa shape index (κ3) is 6.04. The molecule has 0 saturated carbocycles. The molecule has 0 bridgehead atoms. The molecule has 0 aliphatic carbocycles. The zero-order valence-electron chi connectivity index (χ0n) is 24.6. The van der Waals surface area contributed by atoms with Crippen molar-refractivity contribution in [3.8, 4) is 33.0 Å². The van der Waals surface area contributed by atoms with Crippen molar-refractivity contribution in [1.82, 2.24) is 9.97 Å². The van der Waals surface area contributed by atoms with E-state index in [-0.39, 0.29) is 5.78 Å². The minimum absolute atomic E-state index is 0.0516. The van der Waals surface area contributed by atoms with Gasteiger partial charge in [-0.1, -0.05) is 41.9 Å². The van der Waals surface area contributed by atoms with Crippen molar-refractivity contribution in [2.24, 2.45) is 15.4 Å². The molecule has 9 heteroatoms. The van der Waals surface area contributed by atoms with Crippen molar-refractivity contribution >= 4 is 44.6 Å². The molecule has 3 aromatic carbocycles. The number of Topliss-reactive ketones (excluding diaryl/α,β-unsaturated/α-hetero) is 1. The Morgan fingerprint density at radius 2 is 1.74 bits per heavy atom. The SMILES string of the molecule is CC(=O)[C@@H](OC(C)(C)C)c1c(C)cc2nc(-c3ccnc(-c4cccc(C5=NN=NC5)c4)c3)sc2c1-c1ccc(Cl)cc1. The van der Waals surface area contributed by atoms with E-state index < -0.39 is 11.7 Å². The van der Waals surface area contributed by atoms with Gasteiger partial charge in [-0.05, 0) is 87.4 Å². The number of halogens is 1.